The Balaban J connectivity index is -0.0000000253. The van der Waals surface area contributed by atoms with Gasteiger partial charge in [0.05, 0.1) is 5.91 Å². The smallest absolute Gasteiger partial charge is 0.0738 e. The Morgan fingerprint density at radius 1 is 1.00 bits per heavy atom. The molecule has 0 unspecified atom stereocenters. The first-order valence-corrected chi connectivity index (χ1v) is 4.24. The molecule has 0 spiro atoms. The molecule has 5 heteroatoms. The monoisotopic (exact) mass is 389 g/mol. The number of carbonyl (C=O) groups is 2. The molecule has 1 amide bonds. The quantitative estimate of drug-likeness (QED) is 0.539. The summed E-state index contributed by atoms with van der Waals surface area (Å²) in [7, 11) is 1.43. The first kappa shape index (κ1) is 36.1. The molecule has 0 heterocycles. The van der Waals surface area contributed by atoms with Crippen LogP contribution in [0.15, 0.2) is 25.3 Å². The fourth-order valence-electron chi connectivity index (χ4n) is 0.0913. The van der Waals surface area contributed by atoms with Gasteiger partial charge in [0, 0.05) is 71.2 Å². The van der Waals surface area contributed by atoms with Crippen LogP contribution in [0, 0.1) is 20.8 Å². The molecular weight excluding hydrogens is 368 g/mol. The molecule has 0 aromatic heterocycles. The molecule has 3 nitrogen and oxygen atoms in total. The van der Waals surface area contributed by atoms with Gasteiger partial charge in [-0.05, 0) is 6.08 Å². The first-order chi connectivity index (χ1) is 7.08. The van der Waals surface area contributed by atoms with Crippen molar-refractivity contribution in [3.63, 3.8) is 0 Å². The van der Waals surface area contributed by atoms with Crippen LogP contribution in [0.1, 0.15) is 13.8 Å². The van der Waals surface area contributed by atoms with E-state index in [1.165, 1.54) is 19.2 Å². The van der Waals surface area contributed by atoms with Crippen LogP contribution in [0.25, 0.3) is 5.32 Å². The Morgan fingerprint density at radius 3 is 1.24 bits per heavy atom. The molecule has 0 N–H and O–H groups in total. The Kier molecular flexibility index (Phi) is 92.8. The van der Waals surface area contributed by atoms with Crippen molar-refractivity contribution in [3.05, 3.63) is 51.4 Å². The number of ketones is 1. The average Bonchev–Trinajstić information content (AvgIpc) is 2.33. The van der Waals surface area contributed by atoms with Gasteiger partial charge in [-0.15, -0.1) is 7.05 Å². The summed E-state index contributed by atoms with van der Waals surface area (Å²) < 4.78 is 0. The van der Waals surface area contributed by atoms with E-state index in [4.69, 9.17) is 0 Å². The number of carbonyl (C=O) groups excluding carboxylic acids is 2. The van der Waals surface area contributed by atoms with E-state index in [1.54, 1.807) is 13.8 Å². The second kappa shape index (κ2) is 43.8. The molecule has 0 saturated carbocycles. The molecule has 0 atom stereocenters. The van der Waals surface area contributed by atoms with Crippen LogP contribution in [0.4, 0.5) is 0 Å². The Hall–Kier alpha value is 0.698. The third-order valence-electron chi connectivity index (χ3n) is 0.623. The molecule has 0 aromatic carbocycles. The molecule has 0 saturated heterocycles. The van der Waals surface area contributed by atoms with Gasteiger partial charge < -0.3 is 28.8 Å². The maximum atomic E-state index is 9.90. The van der Waals surface area contributed by atoms with Crippen molar-refractivity contribution in [1.82, 2.24) is 0 Å². The minimum atomic E-state index is -0.269. The van der Waals surface area contributed by atoms with Gasteiger partial charge in [-0.2, -0.15) is 33.4 Å². The van der Waals surface area contributed by atoms with Crippen LogP contribution < -0.4 is 0 Å². The van der Waals surface area contributed by atoms with E-state index in [1.807, 2.05) is 0 Å². The van der Waals surface area contributed by atoms with E-state index in [2.05, 4.69) is 39.2 Å². The fourth-order valence-corrected chi connectivity index (χ4v) is 0.0913. The molecule has 2 radical (unpaired) electrons. The molecule has 17 heavy (non-hydrogen) atoms. The zero-order valence-electron chi connectivity index (χ0n) is 11.1. The summed E-state index contributed by atoms with van der Waals surface area (Å²) in [6.45, 7) is 19.3. The van der Waals surface area contributed by atoms with Crippen LogP contribution in [0.5, 0.6) is 0 Å². The molecular formula is C12H21NO2Y2-4. The van der Waals surface area contributed by atoms with Gasteiger partial charge in [-0.1, -0.05) is 6.58 Å². The number of amides is 1. The van der Waals surface area contributed by atoms with Crippen LogP contribution in [-0.2, 0) is 75.0 Å². The summed E-state index contributed by atoms with van der Waals surface area (Å²) in [5.41, 5.74) is 0. The van der Waals surface area contributed by atoms with Gasteiger partial charge in [0.1, 0.15) is 0 Å². The summed E-state index contributed by atoms with van der Waals surface area (Å²) in [4.78, 5) is 19.5. The SMILES string of the molecule is C=CC(=O)[N-]C.C=CC([CH2-])=O.[CH2-]C.[CH2-]C.[Y].[Y]. The average molecular weight is 389 g/mol. The van der Waals surface area contributed by atoms with E-state index in [0.29, 0.717) is 0 Å². The second-order valence-electron chi connectivity index (χ2n) is 1.44. The van der Waals surface area contributed by atoms with Crippen molar-refractivity contribution in [1.29, 1.82) is 0 Å². The van der Waals surface area contributed by atoms with Crippen molar-refractivity contribution in [3.8, 4) is 0 Å². The van der Waals surface area contributed by atoms with E-state index in [9.17, 15) is 9.59 Å². The van der Waals surface area contributed by atoms with Crippen LogP contribution >= 0.6 is 0 Å². The number of allylic oxidation sites excluding steroid dienone is 1. The van der Waals surface area contributed by atoms with Crippen molar-refractivity contribution < 1.29 is 75.0 Å². The zero-order chi connectivity index (χ0) is 13.3. The summed E-state index contributed by atoms with van der Waals surface area (Å²) >= 11 is 0. The van der Waals surface area contributed by atoms with Crippen molar-refractivity contribution in [2.24, 2.45) is 0 Å². The summed E-state index contributed by atoms with van der Waals surface area (Å²) in [5.74, 6) is -0.500. The topological polar surface area (TPSA) is 48.2 Å². The van der Waals surface area contributed by atoms with Gasteiger partial charge in [0.2, 0.25) is 0 Å². The van der Waals surface area contributed by atoms with E-state index >= 15 is 0 Å². The van der Waals surface area contributed by atoms with Gasteiger partial charge in [-0.25, -0.2) is 0 Å². The van der Waals surface area contributed by atoms with Crippen molar-refractivity contribution >= 4 is 11.7 Å². The van der Waals surface area contributed by atoms with Gasteiger partial charge in [0.25, 0.3) is 0 Å². The summed E-state index contributed by atoms with van der Waals surface area (Å²) in [6, 6.07) is 0. The second-order valence-corrected chi connectivity index (χ2v) is 1.44. The van der Waals surface area contributed by atoms with Crippen LogP contribution in [0.2, 0.25) is 0 Å². The predicted molar refractivity (Wildman–Crippen MR) is 67.1 cm³/mol. The number of likely N-dealkylation sites (N-methyl/N-ethyl adjacent to an activating group) is 1. The standard InChI is InChI=1S/C4H7NO.C4H5O.2C2H5.2Y/c1-3-4(6)5-2;1-3-4(2)5;2*1-2;;/h3H,1H2,2H3,(H,5,6);3H,1-2H2;2*1H2,2H3;;/q;3*-1;;/p-1. The third-order valence-corrected chi connectivity index (χ3v) is 0.623. The predicted octanol–water partition coefficient (Wildman–Crippen LogP) is 2.95. The largest absolute Gasteiger partial charge is 0.652 e. The van der Waals surface area contributed by atoms with Crippen LogP contribution in [-0.4, -0.2) is 18.7 Å². The Labute approximate surface area is 157 Å². The summed E-state index contributed by atoms with van der Waals surface area (Å²) in [6.07, 6.45) is 2.33. The molecule has 0 aromatic rings. The maximum Gasteiger partial charge on any atom is 0.0738 e. The van der Waals surface area contributed by atoms with Gasteiger partial charge in [-0.3, -0.25) is 0 Å². The van der Waals surface area contributed by atoms with Gasteiger partial charge >= 0.3 is 0 Å². The Bertz CT molecular complexity index is 172. The number of hydrogen-bond donors (Lipinski definition) is 0. The van der Waals surface area contributed by atoms with Crippen LogP contribution in [0.3, 0.4) is 0 Å². The molecule has 0 aliphatic rings. The van der Waals surface area contributed by atoms with E-state index < -0.39 is 0 Å². The third kappa shape index (κ3) is 80.4. The first-order valence-electron chi connectivity index (χ1n) is 4.24. The van der Waals surface area contributed by atoms with Gasteiger partial charge in [0.15, 0.2) is 0 Å². The number of hydrogen-bond acceptors (Lipinski definition) is 2. The minimum Gasteiger partial charge on any atom is -0.652 e. The number of nitrogens with zero attached hydrogens (tertiary/aromatic N) is 1. The van der Waals surface area contributed by atoms with Crippen molar-refractivity contribution in [2.75, 3.05) is 7.05 Å². The molecule has 0 fully saturated rings. The normalized spacial score (nSPS) is 5.00. The number of rotatable bonds is 2. The molecule has 0 rings (SSSR count). The maximum absolute atomic E-state index is 9.90. The molecule has 96 valence electrons. The Morgan fingerprint density at radius 2 is 1.24 bits per heavy atom. The van der Waals surface area contributed by atoms with Crippen molar-refractivity contribution in [2.45, 2.75) is 13.8 Å². The van der Waals surface area contributed by atoms with E-state index in [0.717, 1.165) is 0 Å². The zero-order valence-corrected chi connectivity index (χ0v) is 16.8. The fraction of sp³-hybridized carbons (Fsp3) is 0.250. The molecule has 0 bridgehead atoms. The van der Waals surface area contributed by atoms with E-state index in [-0.39, 0.29) is 77.1 Å². The summed E-state index contributed by atoms with van der Waals surface area (Å²) in [5, 5.41) is 3.25. The molecule has 0 aliphatic heterocycles. The molecule has 0 aliphatic carbocycles. The minimum absolute atomic E-state index is 0.